The lowest BCUT2D eigenvalue weighted by Gasteiger charge is -2.26. The molecule has 1 aromatic carbocycles. The Balaban J connectivity index is 1.74. The van der Waals surface area contributed by atoms with Crippen molar-refractivity contribution in [1.29, 1.82) is 0 Å². The first-order valence-electron chi connectivity index (χ1n) is 7.64. The number of benzene rings is 1. The highest BCUT2D eigenvalue weighted by molar-refractivity contribution is 5.94. The summed E-state index contributed by atoms with van der Waals surface area (Å²) in [6.45, 7) is 4.91. The van der Waals surface area contributed by atoms with Crippen LogP contribution in [-0.4, -0.2) is 32.5 Å². The molecule has 0 atom stereocenters. The highest BCUT2D eigenvalue weighted by Gasteiger charge is 2.27. The quantitative estimate of drug-likeness (QED) is 0.725. The minimum absolute atomic E-state index is 0.0941. The van der Waals surface area contributed by atoms with Gasteiger partial charge in [-0.15, -0.1) is 0 Å². The first-order chi connectivity index (χ1) is 11.0. The maximum absolute atomic E-state index is 14.1. The second kappa shape index (κ2) is 4.94. The molecule has 0 aliphatic carbocycles. The molecule has 0 fully saturated rings. The summed E-state index contributed by atoms with van der Waals surface area (Å²) in [4.78, 5) is 17.6. The molecule has 2 N–H and O–H groups in total. The molecule has 6 heteroatoms. The monoisotopic (exact) mass is 312 g/mol. The number of halogens is 1. The van der Waals surface area contributed by atoms with Gasteiger partial charge in [-0.25, -0.2) is 4.39 Å². The normalized spacial score (nSPS) is 14.3. The van der Waals surface area contributed by atoms with E-state index in [1.807, 2.05) is 13.8 Å². The summed E-state index contributed by atoms with van der Waals surface area (Å²) in [6.07, 6.45) is 0.692. The maximum atomic E-state index is 14.1. The van der Waals surface area contributed by atoms with E-state index in [1.165, 1.54) is 6.07 Å². The fraction of sp³-hybridized carbons (Fsp3) is 0.294. The van der Waals surface area contributed by atoms with E-state index in [0.29, 0.717) is 30.7 Å². The van der Waals surface area contributed by atoms with Gasteiger partial charge in [-0.05, 0) is 31.5 Å². The molecule has 3 heterocycles. The lowest BCUT2D eigenvalue weighted by atomic mass is 10.0. The Labute approximate surface area is 132 Å². The van der Waals surface area contributed by atoms with Crippen molar-refractivity contribution < 1.29 is 9.18 Å². The van der Waals surface area contributed by atoms with E-state index in [2.05, 4.69) is 15.2 Å². The van der Waals surface area contributed by atoms with Crippen LogP contribution in [0.5, 0.6) is 0 Å². The lowest BCUT2D eigenvalue weighted by Crippen LogP contribution is -2.36. The maximum Gasteiger partial charge on any atom is 0.274 e. The van der Waals surface area contributed by atoms with Crippen molar-refractivity contribution >= 4 is 16.8 Å². The largest absolute Gasteiger partial charge is 0.356 e. The summed E-state index contributed by atoms with van der Waals surface area (Å²) < 4.78 is 14.1. The number of aromatic amines is 2. The van der Waals surface area contributed by atoms with Crippen LogP contribution in [0.25, 0.3) is 10.9 Å². The molecule has 23 heavy (non-hydrogen) atoms. The highest BCUT2D eigenvalue weighted by atomic mass is 19.1. The summed E-state index contributed by atoms with van der Waals surface area (Å²) in [5, 5.41) is 7.74. The van der Waals surface area contributed by atoms with Crippen LogP contribution in [0.15, 0.2) is 18.2 Å². The van der Waals surface area contributed by atoms with Crippen LogP contribution in [-0.2, 0) is 13.0 Å². The molecule has 0 radical (unpaired) electrons. The van der Waals surface area contributed by atoms with Crippen molar-refractivity contribution in [2.75, 3.05) is 6.54 Å². The van der Waals surface area contributed by atoms with Gasteiger partial charge in [-0.2, -0.15) is 5.10 Å². The number of amides is 1. The van der Waals surface area contributed by atoms with Crippen molar-refractivity contribution in [2.24, 2.45) is 0 Å². The van der Waals surface area contributed by atoms with Crippen LogP contribution in [0.3, 0.4) is 0 Å². The number of fused-ring (bicyclic) bond motifs is 3. The van der Waals surface area contributed by atoms with E-state index in [-0.39, 0.29) is 11.7 Å². The smallest absolute Gasteiger partial charge is 0.274 e. The van der Waals surface area contributed by atoms with E-state index in [4.69, 9.17) is 0 Å². The Kier molecular flexibility index (Phi) is 3.01. The predicted octanol–water partition coefficient (Wildman–Crippen LogP) is 2.85. The number of rotatable bonds is 1. The summed E-state index contributed by atoms with van der Waals surface area (Å²) in [5.74, 6) is -0.343. The standard InChI is InChI=1S/C17H17FN4O/c1-9-3-4-12(18)16-15(9)11-8-22(6-5-13(11)19-16)17(23)14-7-10(2)20-21-14/h3-4,7,19H,5-6,8H2,1-2H3,(H,20,21). The fourth-order valence-corrected chi connectivity index (χ4v) is 3.34. The molecule has 2 aromatic heterocycles. The second-order valence-corrected chi connectivity index (χ2v) is 6.11. The predicted molar refractivity (Wildman–Crippen MR) is 84.8 cm³/mol. The minimum atomic E-state index is -0.249. The Hall–Kier alpha value is -2.63. The third-order valence-electron chi connectivity index (χ3n) is 4.50. The van der Waals surface area contributed by atoms with Gasteiger partial charge in [0.2, 0.25) is 0 Å². The number of H-pyrrole nitrogens is 2. The topological polar surface area (TPSA) is 64.8 Å². The Morgan fingerprint density at radius 1 is 1.35 bits per heavy atom. The third kappa shape index (κ3) is 2.13. The van der Waals surface area contributed by atoms with Crippen LogP contribution >= 0.6 is 0 Å². The van der Waals surface area contributed by atoms with Gasteiger partial charge in [0.05, 0.1) is 5.52 Å². The van der Waals surface area contributed by atoms with Crippen LogP contribution in [0.1, 0.15) is 33.0 Å². The number of carbonyl (C=O) groups is 1. The van der Waals surface area contributed by atoms with Crippen LogP contribution in [0.2, 0.25) is 0 Å². The second-order valence-electron chi connectivity index (χ2n) is 6.11. The molecular formula is C17H17FN4O. The molecule has 0 saturated heterocycles. The Bertz CT molecular complexity index is 924. The molecular weight excluding hydrogens is 295 g/mol. The first-order valence-corrected chi connectivity index (χ1v) is 7.64. The molecule has 1 aliphatic rings. The summed E-state index contributed by atoms with van der Waals surface area (Å²) in [6, 6.07) is 5.01. The van der Waals surface area contributed by atoms with Crippen LogP contribution in [0, 0.1) is 19.7 Å². The summed E-state index contributed by atoms with van der Waals surface area (Å²) in [5.41, 5.74) is 4.88. The number of aromatic nitrogens is 3. The van der Waals surface area contributed by atoms with Gasteiger partial charge in [-0.1, -0.05) is 6.07 Å². The zero-order valence-electron chi connectivity index (χ0n) is 13.0. The van der Waals surface area contributed by atoms with Crippen LogP contribution < -0.4 is 0 Å². The van der Waals surface area contributed by atoms with Crippen LogP contribution in [0.4, 0.5) is 4.39 Å². The number of hydrogen-bond donors (Lipinski definition) is 2. The van der Waals surface area contributed by atoms with Gasteiger partial charge >= 0.3 is 0 Å². The SMILES string of the molecule is Cc1cc(C(=O)N2CCc3[nH]c4c(F)ccc(C)c4c3C2)n[nH]1. The average Bonchev–Trinajstić information content (AvgIpc) is 3.14. The van der Waals surface area contributed by atoms with E-state index in [1.54, 1.807) is 17.0 Å². The van der Waals surface area contributed by atoms with Gasteiger partial charge in [0.25, 0.3) is 5.91 Å². The zero-order chi connectivity index (χ0) is 16.1. The van der Waals surface area contributed by atoms with E-state index in [9.17, 15) is 9.18 Å². The van der Waals surface area contributed by atoms with Gasteiger partial charge in [-0.3, -0.25) is 9.89 Å². The number of nitrogens with zero attached hydrogens (tertiary/aromatic N) is 2. The third-order valence-corrected chi connectivity index (χ3v) is 4.50. The first kappa shape index (κ1) is 14.0. The van der Waals surface area contributed by atoms with Crippen molar-refractivity contribution in [3.63, 3.8) is 0 Å². The molecule has 0 unspecified atom stereocenters. The Morgan fingerprint density at radius 2 is 2.17 bits per heavy atom. The molecule has 4 rings (SSSR count). The van der Waals surface area contributed by atoms with Gasteiger partial charge in [0, 0.05) is 41.8 Å². The van der Waals surface area contributed by atoms with E-state index >= 15 is 0 Å². The average molecular weight is 312 g/mol. The molecule has 1 aliphatic heterocycles. The molecule has 3 aromatic rings. The number of aryl methyl sites for hydroxylation is 2. The minimum Gasteiger partial charge on any atom is -0.356 e. The number of nitrogens with one attached hydrogen (secondary N) is 2. The molecule has 1 amide bonds. The number of hydrogen-bond acceptors (Lipinski definition) is 2. The van der Waals surface area contributed by atoms with Gasteiger partial charge in [0.15, 0.2) is 0 Å². The van der Waals surface area contributed by atoms with Crippen molar-refractivity contribution in [3.8, 4) is 0 Å². The zero-order valence-corrected chi connectivity index (χ0v) is 13.0. The Morgan fingerprint density at radius 3 is 2.91 bits per heavy atom. The fourth-order valence-electron chi connectivity index (χ4n) is 3.34. The van der Waals surface area contributed by atoms with E-state index < -0.39 is 0 Å². The van der Waals surface area contributed by atoms with Crippen molar-refractivity contribution in [1.82, 2.24) is 20.1 Å². The van der Waals surface area contributed by atoms with Gasteiger partial charge in [0.1, 0.15) is 11.5 Å². The highest BCUT2D eigenvalue weighted by Crippen LogP contribution is 2.31. The van der Waals surface area contributed by atoms with E-state index in [0.717, 1.165) is 27.9 Å². The lowest BCUT2D eigenvalue weighted by molar-refractivity contribution is 0.0729. The number of carbonyl (C=O) groups excluding carboxylic acids is 1. The van der Waals surface area contributed by atoms with Gasteiger partial charge < -0.3 is 9.88 Å². The summed E-state index contributed by atoms with van der Waals surface area (Å²) >= 11 is 0. The molecule has 0 bridgehead atoms. The molecule has 118 valence electrons. The summed E-state index contributed by atoms with van der Waals surface area (Å²) in [7, 11) is 0. The van der Waals surface area contributed by atoms with Crippen molar-refractivity contribution in [3.05, 3.63) is 52.2 Å². The molecule has 0 saturated carbocycles. The van der Waals surface area contributed by atoms with Crippen molar-refractivity contribution in [2.45, 2.75) is 26.8 Å². The molecule has 5 nitrogen and oxygen atoms in total. The molecule has 0 spiro atoms.